The maximum absolute atomic E-state index is 6.01. The van der Waals surface area contributed by atoms with Crippen LogP contribution in [0.15, 0.2) is 4.99 Å². The Bertz CT molecular complexity index is 486. The van der Waals surface area contributed by atoms with Crippen molar-refractivity contribution in [2.24, 2.45) is 4.99 Å². The summed E-state index contributed by atoms with van der Waals surface area (Å²) in [6.45, 7) is 7.78. The number of rotatable bonds is 5. The van der Waals surface area contributed by atoms with Crippen LogP contribution in [0.5, 0.6) is 0 Å². The number of morpholine rings is 1. The van der Waals surface area contributed by atoms with Crippen molar-refractivity contribution in [3.8, 4) is 0 Å². The lowest BCUT2D eigenvalue weighted by molar-refractivity contribution is -0.0333. The van der Waals surface area contributed by atoms with Gasteiger partial charge >= 0.3 is 0 Å². The van der Waals surface area contributed by atoms with Crippen molar-refractivity contribution in [1.82, 2.24) is 15.5 Å². The van der Waals surface area contributed by atoms with Crippen LogP contribution in [0.1, 0.15) is 58.3 Å². The number of nitrogens with one attached hydrogen (secondary N) is 2. The van der Waals surface area contributed by atoms with Crippen LogP contribution in [0.2, 0.25) is 0 Å². The summed E-state index contributed by atoms with van der Waals surface area (Å²) in [4.78, 5) is 7.76. The van der Waals surface area contributed by atoms with E-state index in [1.807, 2.05) is 0 Å². The summed E-state index contributed by atoms with van der Waals surface area (Å²) in [7, 11) is 0. The molecule has 2 N–H and O–H groups in total. The van der Waals surface area contributed by atoms with Crippen LogP contribution < -0.4 is 10.6 Å². The van der Waals surface area contributed by atoms with Gasteiger partial charge in [-0.3, -0.25) is 9.89 Å². The molecule has 1 aliphatic carbocycles. The first kappa shape index (κ1) is 18.5. The minimum absolute atomic E-state index is 0.232. The highest BCUT2D eigenvalue weighted by Crippen LogP contribution is 2.35. The molecule has 0 radical (unpaired) electrons. The van der Waals surface area contributed by atoms with Gasteiger partial charge in [-0.1, -0.05) is 19.3 Å². The van der Waals surface area contributed by atoms with Crippen LogP contribution in [-0.4, -0.2) is 74.0 Å². The van der Waals surface area contributed by atoms with Crippen molar-refractivity contribution < 1.29 is 9.47 Å². The molecule has 4 rings (SSSR count). The Hall–Kier alpha value is -0.850. The van der Waals surface area contributed by atoms with Gasteiger partial charge in [0, 0.05) is 25.2 Å². The highest BCUT2D eigenvalue weighted by atomic mass is 16.5. The van der Waals surface area contributed by atoms with Crippen molar-refractivity contribution in [2.75, 3.05) is 39.4 Å². The van der Waals surface area contributed by atoms with E-state index in [0.29, 0.717) is 18.2 Å². The minimum atomic E-state index is 0.232. The molecular formula is C20H36N4O2. The molecule has 0 spiro atoms. The first-order chi connectivity index (χ1) is 12.8. The van der Waals surface area contributed by atoms with Crippen molar-refractivity contribution in [1.29, 1.82) is 0 Å². The first-order valence-corrected chi connectivity index (χ1v) is 10.8. The van der Waals surface area contributed by atoms with Gasteiger partial charge in [0.1, 0.15) is 0 Å². The van der Waals surface area contributed by atoms with Gasteiger partial charge in [0.2, 0.25) is 0 Å². The van der Waals surface area contributed by atoms with E-state index in [1.54, 1.807) is 0 Å². The van der Waals surface area contributed by atoms with E-state index >= 15 is 0 Å². The van der Waals surface area contributed by atoms with E-state index in [-0.39, 0.29) is 5.54 Å². The van der Waals surface area contributed by atoms with Crippen LogP contribution in [0.4, 0.5) is 0 Å². The Morgan fingerprint density at radius 3 is 2.62 bits per heavy atom. The van der Waals surface area contributed by atoms with E-state index < -0.39 is 0 Å². The largest absolute Gasteiger partial charge is 0.379 e. The number of hydrogen-bond donors (Lipinski definition) is 2. The highest BCUT2D eigenvalue weighted by molar-refractivity contribution is 5.80. The van der Waals surface area contributed by atoms with Gasteiger partial charge in [-0.25, -0.2) is 0 Å². The predicted molar refractivity (Wildman–Crippen MR) is 104 cm³/mol. The Labute approximate surface area is 158 Å². The average Bonchev–Trinajstić information content (AvgIpc) is 3.31. The molecule has 2 bridgehead atoms. The summed E-state index contributed by atoms with van der Waals surface area (Å²) >= 11 is 0. The third-order valence-corrected chi connectivity index (χ3v) is 6.77. The fourth-order valence-corrected chi connectivity index (χ4v) is 5.33. The number of nitrogens with zero attached hydrogens (tertiary/aromatic N) is 2. The second-order valence-electron chi connectivity index (χ2n) is 8.44. The van der Waals surface area contributed by atoms with Gasteiger partial charge in [-0.2, -0.15) is 0 Å². The molecule has 3 unspecified atom stereocenters. The molecule has 4 aliphatic rings. The number of hydrogen-bond acceptors (Lipinski definition) is 4. The molecule has 26 heavy (non-hydrogen) atoms. The number of guanidine groups is 1. The molecule has 3 aliphatic heterocycles. The number of ether oxygens (including phenoxy) is 2. The van der Waals surface area contributed by atoms with E-state index in [1.165, 1.54) is 44.9 Å². The summed E-state index contributed by atoms with van der Waals surface area (Å²) < 4.78 is 11.6. The molecular weight excluding hydrogens is 328 g/mol. The summed E-state index contributed by atoms with van der Waals surface area (Å²) in [6, 6.07) is 0.428. The molecule has 0 amide bonds. The molecule has 6 nitrogen and oxygen atoms in total. The SMILES string of the molecule is CCNC(=NCC1(N2CCOCC2)CCCCC1)NC1CC2CCC1O2. The van der Waals surface area contributed by atoms with Gasteiger partial charge in [-0.05, 0) is 39.0 Å². The van der Waals surface area contributed by atoms with Crippen LogP contribution in [-0.2, 0) is 9.47 Å². The van der Waals surface area contributed by atoms with Gasteiger partial charge < -0.3 is 20.1 Å². The predicted octanol–water partition coefficient (Wildman–Crippen LogP) is 1.90. The Morgan fingerprint density at radius 1 is 1.15 bits per heavy atom. The maximum atomic E-state index is 6.01. The van der Waals surface area contributed by atoms with Crippen molar-refractivity contribution in [2.45, 2.75) is 82.1 Å². The lowest BCUT2D eigenvalue weighted by Crippen LogP contribution is -2.57. The van der Waals surface area contributed by atoms with E-state index in [9.17, 15) is 0 Å². The van der Waals surface area contributed by atoms with Crippen molar-refractivity contribution >= 4 is 5.96 Å². The molecule has 0 aromatic heterocycles. The molecule has 148 valence electrons. The van der Waals surface area contributed by atoms with Gasteiger partial charge in [-0.15, -0.1) is 0 Å². The van der Waals surface area contributed by atoms with Crippen molar-refractivity contribution in [3.63, 3.8) is 0 Å². The summed E-state index contributed by atoms with van der Waals surface area (Å²) in [6.07, 6.45) is 11.0. The second-order valence-corrected chi connectivity index (χ2v) is 8.44. The number of fused-ring (bicyclic) bond motifs is 2. The quantitative estimate of drug-likeness (QED) is 0.576. The zero-order valence-corrected chi connectivity index (χ0v) is 16.3. The molecule has 1 saturated carbocycles. The van der Waals surface area contributed by atoms with Gasteiger partial charge in [0.15, 0.2) is 5.96 Å². The minimum Gasteiger partial charge on any atom is -0.379 e. The van der Waals surface area contributed by atoms with E-state index in [4.69, 9.17) is 14.5 Å². The zero-order chi connectivity index (χ0) is 17.8. The van der Waals surface area contributed by atoms with E-state index in [0.717, 1.165) is 51.8 Å². The summed E-state index contributed by atoms with van der Waals surface area (Å²) in [5, 5.41) is 7.15. The zero-order valence-electron chi connectivity index (χ0n) is 16.3. The molecule has 6 heteroatoms. The molecule has 3 saturated heterocycles. The number of aliphatic imine (C=N–C) groups is 1. The van der Waals surface area contributed by atoms with Gasteiger partial charge in [0.25, 0.3) is 0 Å². The van der Waals surface area contributed by atoms with Crippen LogP contribution >= 0.6 is 0 Å². The smallest absolute Gasteiger partial charge is 0.191 e. The third kappa shape index (κ3) is 4.02. The maximum Gasteiger partial charge on any atom is 0.191 e. The highest BCUT2D eigenvalue weighted by Gasteiger charge is 2.42. The average molecular weight is 365 g/mol. The topological polar surface area (TPSA) is 58.1 Å². The van der Waals surface area contributed by atoms with Crippen LogP contribution in [0.25, 0.3) is 0 Å². The molecule has 3 atom stereocenters. The second kappa shape index (κ2) is 8.44. The monoisotopic (exact) mass is 364 g/mol. The van der Waals surface area contributed by atoms with E-state index in [2.05, 4.69) is 22.5 Å². The fourth-order valence-electron chi connectivity index (χ4n) is 5.33. The molecule has 0 aromatic carbocycles. The lowest BCUT2D eigenvalue weighted by Gasteiger charge is -2.47. The molecule has 0 aromatic rings. The molecule has 3 heterocycles. The first-order valence-electron chi connectivity index (χ1n) is 10.8. The Kier molecular flexibility index (Phi) is 6.01. The van der Waals surface area contributed by atoms with Gasteiger partial charge in [0.05, 0.1) is 38.0 Å². The Morgan fingerprint density at radius 2 is 1.96 bits per heavy atom. The van der Waals surface area contributed by atoms with Crippen LogP contribution in [0, 0.1) is 0 Å². The Balaban J connectivity index is 1.43. The van der Waals surface area contributed by atoms with Crippen LogP contribution in [0.3, 0.4) is 0 Å². The summed E-state index contributed by atoms with van der Waals surface area (Å²) in [5.41, 5.74) is 0.232. The normalized spacial score (nSPS) is 34.8. The summed E-state index contributed by atoms with van der Waals surface area (Å²) in [5.74, 6) is 0.979. The molecule has 4 fully saturated rings. The standard InChI is InChI=1S/C20H36N4O2/c1-2-21-19(23-17-14-16-6-7-18(17)26-16)22-15-20(8-4-3-5-9-20)24-10-12-25-13-11-24/h16-18H,2-15H2,1H3,(H2,21,22,23). The third-order valence-electron chi connectivity index (χ3n) is 6.77. The van der Waals surface area contributed by atoms with Crippen molar-refractivity contribution in [3.05, 3.63) is 0 Å². The fraction of sp³-hybridized carbons (Fsp3) is 0.950. The lowest BCUT2D eigenvalue weighted by atomic mass is 9.80.